The number of aryl methyl sites for hydroxylation is 2. The minimum Gasteiger partial charge on any atom is -0.385 e. The van der Waals surface area contributed by atoms with Crippen molar-refractivity contribution in [2.75, 3.05) is 38.3 Å². The Bertz CT molecular complexity index is 651. The van der Waals surface area contributed by atoms with E-state index in [0.717, 1.165) is 62.0 Å². The number of aromatic nitrogens is 2. The van der Waals surface area contributed by atoms with Crippen LogP contribution in [0.2, 0.25) is 0 Å². The van der Waals surface area contributed by atoms with E-state index in [0.29, 0.717) is 6.10 Å². The van der Waals surface area contributed by atoms with Gasteiger partial charge in [0.25, 0.3) is 0 Å². The van der Waals surface area contributed by atoms with E-state index in [4.69, 9.17) is 14.5 Å². The molecule has 1 aliphatic rings. The van der Waals surface area contributed by atoms with E-state index < -0.39 is 0 Å². The average molecular weight is 335 g/mol. The van der Waals surface area contributed by atoms with E-state index in [-0.39, 0.29) is 0 Å². The molecule has 0 spiro atoms. The lowest BCUT2D eigenvalue weighted by molar-refractivity contribution is 0.0257. The van der Waals surface area contributed by atoms with Crippen LogP contribution in [0.4, 0.5) is 5.82 Å². The first-order valence-corrected chi connectivity index (χ1v) is 9.15. The SMILES string of the molecule is COCCCOC1CCN(c2nc(C)nc3scc(C)c23)CC1. The third-order valence-electron chi connectivity index (χ3n) is 4.30. The molecule has 2 aromatic rings. The first-order chi connectivity index (χ1) is 11.2. The van der Waals surface area contributed by atoms with Crippen LogP contribution < -0.4 is 4.90 Å². The van der Waals surface area contributed by atoms with Gasteiger partial charge in [0.2, 0.25) is 0 Å². The summed E-state index contributed by atoms with van der Waals surface area (Å²) < 4.78 is 11.0. The Kier molecular flexibility index (Phi) is 5.46. The molecular weight excluding hydrogens is 310 g/mol. The second-order valence-electron chi connectivity index (χ2n) is 6.10. The van der Waals surface area contributed by atoms with E-state index in [1.807, 2.05) is 6.92 Å². The molecule has 0 unspecified atom stereocenters. The normalized spacial score (nSPS) is 16.4. The number of piperidine rings is 1. The summed E-state index contributed by atoms with van der Waals surface area (Å²) in [6, 6.07) is 0. The molecule has 1 fully saturated rings. The second-order valence-corrected chi connectivity index (χ2v) is 6.95. The molecular formula is C17H25N3O2S. The summed E-state index contributed by atoms with van der Waals surface area (Å²) in [6.45, 7) is 7.68. The molecule has 3 heterocycles. The predicted octanol–water partition coefficient (Wildman–Crippen LogP) is 3.33. The zero-order valence-corrected chi connectivity index (χ0v) is 15.0. The van der Waals surface area contributed by atoms with E-state index in [2.05, 4.69) is 22.2 Å². The highest BCUT2D eigenvalue weighted by atomic mass is 32.1. The van der Waals surface area contributed by atoms with E-state index in [1.165, 1.54) is 10.9 Å². The van der Waals surface area contributed by atoms with Crippen LogP contribution in [-0.4, -0.2) is 49.5 Å². The van der Waals surface area contributed by atoms with Gasteiger partial charge in [-0.15, -0.1) is 11.3 Å². The average Bonchev–Trinajstić information content (AvgIpc) is 2.92. The number of thiophene rings is 1. The summed E-state index contributed by atoms with van der Waals surface area (Å²) in [5.41, 5.74) is 1.28. The molecule has 3 rings (SSSR count). The molecule has 0 radical (unpaired) electrons. The molecule has 0 saturated carbocycles. The number of nitrogens with zero attached hydrogens (tertiary/aromatic N) is 3. The predicted molar refractivity (Wildman–Crippen MR) is 94.6 cm³/mol. The maximum Gasteiger partial charge on any atom is 0.141 e. The van der Waals surface area contributed by atoms with Crippen molar-refractivity contribution in [2.45, 2.75) is 39.2 Å². The lowest BCUT2D eigenvalue weighted by atomic mass is 10.1. The maximum absolute atomic E-state index is 5.95. The Morgan fingerprint density at radius 3 is 2.74 bits per heavy atom. The number of rotatable bonds is 6. The van der Waals surface area contributed by atoms with E-state index in [9.17, 15) is 0 Å². The van der Waals surface area contributed by atoms with Gasteiger partial charge >= 0.3 is 0 Å². The van der Waals surface area contributed by atoms with Gasteiger partial charge in [0.05, 0.1) is 11.5 Å². The first kappa shape index (κ1) is 16.6. The standard InChI is InChI=1S/C17H25N3O2S/c1-12-11-23-17-15(12)16(18-13(2)19-17)20-7-5-14(6-8-20)22-10-4-9-21-3/h11,14H,4-10H2,1-3H3. The molecule has 0 aliphatic carbocycles. The highest BCUT2D eigenvalue weighted by molar-refractivity contribution is 7.17. The summed E-state index contributed by atoms with van der Waals surface area (Å²) in [5, 5.41) is 3.40. The van der Waals surface area contributed by atoms with Gasteiger partial charge in [0.1, 0.15) is 16.5 Å². The van der Waals surface area contributed by atoms with Gasteiger partial charge in [-0.2, -0.15) is 0 Å². The zero-order chi connectivity index (χ0) is 16.2. The smallest absolute Gasteiger partial charge is 0.141 e. The van der Waals surface area contributed by atoms with E-state index >= 15 is 0 Å². The first-order valence-electron chi connectivity index (χ1n) is 8.27. The molecule has 0 amide bonds. The molecule has 6 heteroatoms. The number of ether oxygens (including phenoxy) is 2. The van der Waals surface area contributed by atoms with Crippen molar-refractivity contribution >= 4 is 27.4 Å². The monoisotopic (exact) mass is 335 g/mol. The molecule has 5 nitrogen and oxygen atoms in total. The molecule has 0 aromatic carbocycles. The zero-order valence-electron chi connectivity index (χ0n) is 14.2. The lowest BCUT2D eigenvalue weighted by Gasteiger charge is -2.33. The summed E-state index contributed by atoms with van der Waals surface area (Å²) in [4.78, 5) is 12.8. The largest absolute Gasteiger partial charge is 0.385 e. The molecule has 0 bridgehead atoms. The van der Waals surface area contributed by atoms with Gasteiger partial charge in [-0.3, -0.25) is 0 Å². The maximum atomic E-state index is 5.95. The number of methoxy groups -OCH3 is 1. The highest BCUT2D eigenvalue weighted by Gasteiger charge is 2.23. The van der Waals surface area contributed by atoms with Crippen LogP contribution in [0.15, 0.2) is 5.38 Å². The third kappa shape index (κ3) is 3.82. The molecule has 0 atom stereocenters. The minimum atomic E-state index is 0.366. The third-order valence-corrected chi connectivity index (χ3v) is 5.29. The van der Waals surface area contributed by atoms with E-state index in [1.54, 1.807) is 18.4 Å². The fourth-order valence-corrected chi connectivity index (χ4v) is 4.04. The minimum absolute atomic E-state index is 0.366. The van der Waals surface area contributed by atoms with Crippen LogP contribution in [-0.2, 0) is 9.47 Å². The van der Waals surface area contributed by atoms with Crippen molar-refractivity contribution < 1.29 is 9.47 Å². The van der Waals surface area contributed by atoms with Gasteiger partial charge < -0.3 is 14.4 Å². The van der Waals surface area contributed by atoms with Crippen LogP contribution >= 0.6 is 11.3 Å². The molecule has 23 heavy (non-hydrogen) atoms. The van der Waals surface area contributed by atoms with Crippen LogP contribution in [0.1, 0.15) is 30.7 Å². The van der Waals surface area contributed by atoms with Gasteiger partial charge in [0, 0.05) is 33.4 Å². The molecule has 1 saturated heterocycles. The van der Waals surface area contributed by atoms with Crippen molar-refractivity contribution in [3.63, 3.8) is 0 Å². The van der Waals surface area contributed by atoms with Crippen molar-refractivity contribution in [3.8, 4) is 0 Å². The van der Waals surface area contributed by atoms with Crippen molar-refractivity contribution in [1.82, 2.24) is 9.97 Å². The van der Waals surface area contributed by atoms with Crippen molar-refractivity contribution in [3.05, 3.63) is 16.8 Å². The number of hydrogen-bond acceptors (Lipinski definition) is 6. The molecule has 1 aliphatic heterocycles. The summed E-state index contributed by atoms with van der Waals surface area (Å²) in [7, 11) is 1.73. The Labute approximate surface area is 141 Å². The number of fused-ring (bicyclic) bond motifs is 1. The summed E-state index contributed by atoms with van der Waals surface area (Å²) in [6.07, 6.45) is 3.45. The Hall–Kier alpha value is -1.24. The van der Waals surface area contributed by atoms with Crippen LogP contribution in [0, 0.1) is 13.8 Å². The number of anilines is 1. The fourth-order valence-electron chi connectivity index (χ4n) is 3.08. The van der Waals surface area contributed by atoms with Crippen LogP contribution in [0.5, 0.6) is 0 Å². The fraction of sp³-hybridized carbons (Fsp3) is 0.647. The quantitative estimate of drug-likeness (QED) is 0.758. The number of hydrogen-bond donors (Lipinski definition) is 0. The van der Waals surface area contributed by atoms with Crippen LogP contribution in [0.25, 0.3) is 10.2 Å². The van der Waals surface area contributed by atoms with Gasteiger partial charge in [0.15, 0.2) is 0 Å². The Morgan fingerprint density at radius 1 is 1.22 bits per heavy atom. The van der Waals surface area contributed by atoms with Gasteiger partial charge in [-0.05, 0) is 44.1 Å². The topological polar surface area (TPSA) is 47.5 Å². The summed E-state index contributed by atoms with van der Waals surface area (Å²) in [5.74, 6) is 1.95. The second kappa shape index (κ2) is 7.55. The van der Waals surface area contributed by atoms with Crippen LogP contribution in [0.3, 0.4) is 0 Å². The molecule has 2 aromatic heterocycles. The molecule has 0 N–H and O–H groups in total. The van der Waals surface area contributed by atoms with Gasteiger partial charge in [-0.25, -0.2) is 9.97 Å². The summed E-state index contributed by atoms with van der Waals surface area (Å²) >= 11 is 1.71. The Balaban J connectivity index is 1.65. The molecule has 126 valence electrons. The lowest BCUT2D eigenvalue weighted by Crippen LogP contribution is -2.38. The highest BCUT2D eigenvalue weighted by Crippen LogP contribution is 2.33. The Morgan fingerprint density at radius 2 is 2.00 bits per heavy atom. The van der Waals surface area contributed by atoms with Crippen molar-refractivity contribution in [2.24, 2.45) is 0 Å². The van der Waals surface area contributed by atoms with Gasteiger partial charge in [-0.1, -0.05) is 0 Å². The van der Waals surface area contributed by atoms with Crippen molar-refractivity contribution in [1.29, 1.82) is 0 Å².